The summed E-state index contributed by atoms with van der Waals surface area (Å²) in [6, 6.07) is 1.94. The number of carbonyl (C=O) groups is 2. The van der Waals surface area contributed by atoms with Gasteiger partial charge in [-0.05, 0) is 26.7 Å². The van der Waals surface area contributed by atoms with Crippen molar-refractivity contribution < 1.29 is 14.7 Å². The normalized spacial score (nSPS) is 16.6. The van der Waals surface area contributed by atoms with Crippen molar-refractivity contribution in [2.45, 2.75) is 26.7 Å². The molecule has 1 fully saturated rings. The summed E-state index contributed by atoms with van der Waals surface area (Å²) in [5.41, 5.74) is 0.113. The van der Waals surface area contributed by atoms with Crippen molar-refractivity contribution in [3.8, 4) is 6.07 Å². The third-order valence-corrected chi connectivity index (χ3v) is 3.61. The molecule has 0 aromatic heterocycles. The molecule has 1 aliphatic rings. The molecule has 6 nitrogen and oxygen atoms in total. The number of nitriles is 1. The first kappa shape index (κ1) is 16.0. The Morgan fingerprint density at radius 3 is 2.30 bits per heavy atom. The second-order valence-electron chi connectivity index (χ2n) is 4.78. The van der Waals surface area contributed by atoms with Crippen molar-refractivity contribution in [1.82, 2.24) is 9.80 Å². The van der Waals surface area contributed by atoms with Crippen LogP contribution in [0.15, 0.2) is 11.8 Å². The van der Waals surface area contributed by atoms with Crippen LogP contribution in [-0.4, -0.2) is 53.0 Å². The minimum atomic E-state index is -0.809. The highest BCUT2D eigenvalue weighted by Crippen LogP contribution is 2.18. The van der Waals surface area contributed by atoms with E-state index in [0.717, 1.165) is 13.1 Å². The Hall–Kier alpha value is -2.03. The van der Waals surface area contributed by atoms with Gasteiger partial charge in [0.15, 0.2) is 0 Å². The molecule has 0 aromatic rings. The van der Waals surface area contributed by atoms with E-state index in [1.54, 1.807) is 11.1 Å². The molecule has 0 aromatic carbocycles. The average molecular weight is 279 g/mol. The molecule has 0 atom stereocenters. The van der Waals surface area contributed by atoms with Gasteiger partial charge in [0.25, 0.3) is 5.91 Å². The Balaban J connectivity index is 2.70. The number of amides is 1. The molecular weight excluding hydrogens is 258 g/mol. The molecule has 1 N–H and O–H groups in total. The number of aliphatic carboxylic acids is 1. The Morgan fingerprint density at radius 1 is 1.35 bits per heavy atom. The number of nitrogens with zero attached hydrogens (tertiary/aromatic N) is 3. The van der Waals surface area contributed by atoms with Gasteiger partial charge in [-0.15, -0.1) is 0 Å². The fraction of sp³-hybridized carbons (Fsp3) is 0.643. The lowest BCUT2D eigenvalue weighted by molar-refractivity contribution is -0.145. The van der Waals surface area contributed by atoms with Crippen molar-refractivity contribution in [3.63, 3.8) is 0 Å². The number of carboxylic acid groups (broad SMARTS) is 1. The predicted octanol–water partition coefficient (Wildman–Crippen LogP) is 1.06. The second-order valence-corrected chi connectivity index (χ2v) is 4.78. The Morgan fingerprint density at radius 2 is 1.90 bits per heavy atom. The predicted molar refractivity (Wildman–Crippen MR) is 73.6 cm³/mol. The van der Waals surface area contributed by atoms with Crippen LogP contribution >= 0.6 is 0 Å². The van der Waals surface area contributed by atoms with Gasteiger partial charge < -0.3 is 14.9 Å². The van der Waals surface area contributed by atoms with Crippen molar-refractivity contribution in [1.29, 1.82) is 5.26 Å². The van der Waals surface area contributed by atoms with Crippen molar-refractivity contribution in [2.24, 2.45) is 5.92 Å². The van der Waals surface area contributed by atoms with E-state index in [1.807, 2.05) is 24.8 Å². The molecule has 1 aliphatic heterocycles. The minimum absolute atomic E-state index is 0.113. The zero-order chi connectivity index (χ0) is 15.1. The molecule has 0 spiro atoms. The second kappa shape index (κ2) is 7.53. The number of carbonyl (C=O) groups excluding carboxylic acids is 1. The zero-order valence-corrected chi connectivity index (χ0v) is 12.0. The summed E-state index contributed by atoms with van der Waals surface area (Å²) in [6.07, 6.45) is 2.49. The van der Waals surface area contributed by atoms with Gasteiger partial charge in [-0.1, -0.05) is 0 Å². The molecule has 1 saturated heterocycles. The van der Waals surface area contributed by atoms with Crippen molar-refractivity contribution >= 4 is 11.9 Å². The van der Waals surface area contributed by atoms with Gasteiger partial charge >= 0.3 is 5.97 Å². The summed E-state index contributed by atoms with van der Waals surface area (Å²) in [7, 11) is 0. The van der Waals surface area contributed by atoms with Gasteiger partial charge in [-0.25, -0.2) is 0 Å². The fourth-order valence-corrected chi connectivity index (χ4v) is 2.22. The van der Waals surface area contributed by atoms with Crippen LogP contribution in [-0.2, 0) is 9.59 Å². The molecule has 6 heteroatoms. The van der Waals surface area contributed by atoms with E-state index >= 15 is 0 Å². The summed E-state index contributed by atoms with van der Waals surface area (Å²) in [5.74, 6) is -1.49. The summed E-state index contributed by atoms with van der Waals surface area (Å²) < 4.78 is 0. The smallest absolute Gasteiger partial charge is 0.306 e. The number of hydrogen-bond acceptors (Lipinski definition) is 4. The minimum Gasteiger partial charge on any atom is -0.481 e. The molecule has 0 aliphatic carbocycles. The maximum atomic E-state index is 12.2. The van der Waals surface area contributed by atoms with E-state index < -0.39 is 5.97 Å². The largest absolute Gasteiger partial charge is 0.481 e. The van der Waals surface area contributed by atoms with Crippen LogP contribution < -0.4 is 0 Å². The lowest BCUT2D eigenvalue weighted by Crippen LogP contribution is -2.41. The molecule has 110 valence electrons. The summed E-state index contributed by atoms with van der Waals surface area (Å²) in [5, 5.41) is 18.0. The van der Waals surface area contributed by atoms with E-state index in [9.17, 15) is 9.59 Å². The van der Waals surface area contributed by atoms with Gasteiger partial charge in [0.1, 0.15) is 11.6 Å². The monoisotopic (exact) mass is 279 g/mol. The first-order valence-electron chi connectivity index (χ1n) is 6.91. The van der Waals surface area contributed by atoms with Gasteiger partial charge in [-0.3, -0.25) is 9.59 Å². The average Bonchev–Trinajstić information content (AvgIpc) is 2.48. The van der Waals surface area contributed by atoms with E-state index in [-0.39, 0.29) is 17.4 Å². The van der Waals surface area contributed by atoms with Gasteiger partial charge in [-0.2, -0.15) is 5.26 Å². The van der Waals surface area contributed by atoms with Crippen molar-refractivity contribution in [2.75, 3.05) is 26.2 Å². The number of piperidine rings is 1. The van der Waals surface area contributed by atoms with Crippen LogP contribution in [0, 0.1) is 17.2 Å². The highest BCUT2D eigenvalue weighted by Gasteiger charge is 2.28. The highest BCUT2D eigenvalue weighted by atomic mass is 16.4. The third-order valence-electron chi connectivity index (χ3n) is 3.61. The molecular formula is C14H21N3O3. The quantitative estimate of drug-likeness (QED) is 0.601. The Kier molecular flexibility index (Phi) is 6.04. The summed E-state index contributed by atoms with van der Waals surface area (Å²) in [4.78, 5) is 26.6. The van der Waals surface area contributed by atoms with Gasteiger partial charge in [0.2, 0.25) is 0 Å². The molecule has 1 heterocycles. The molecule has 0 unspecified atom stereocenters. The van der Waals surface area contributed by atoms with E-state index in [0.29, 0.717) is 25.9 Å². The van der Waals surface area contributed by atoms with E-state index in [4.69, 9.17) is 10.4 Å². The standard InChI is InChI=1S/C14H21N3O3/c1-3-16(4-2)10-12(9-15)13(18)17-7-5-11(6-8-17)14(19)20/h10-11H,3-8H2,1-2H3,(H,19,20)/b12-10-. The number of carboxylic acids is 1. The number of rotatable bonds is 5. The van der Waals surface area contributed by atoms with E-state index in [2.05, 4.69) is 0 Å². The molecule has 0 radical (unpaired) electrons. The topological polar surface area (TPSA) is 84.6 Å². The highest BCUT2D eigenvalue weighted by molar-refractivity contribution is 5.97. The van der Waals surface area contributed by atoms with E-state index in [1.165, 1.54) is 0 Å². The van der Waals surface area contributed by atoms with Crippen LogP contribution in [0.1, 0.15) is 26.7 Å². The van der Waals surface area contributed by atoms with Crippen LogP contribution in [0.4, 0.5) is 0 Å². The first-order chi connectivity index (χ1) is 9.53. The fourth-order valence-electron chi connectivity index (χ4n) is 2.22. The Bertz CT molecular complexity index is 427. The first-order valence-corrected chi connectivity index (χ1v) is 6.91. The molecule has 1 amide bonds. The molecule has 0 bridgehead atoms. The van der Waals surface area contributed by atoms with Crippen LogP contribution in [0.25, 0.3) is 0 Å². The molecule has 1 rings (SSSR count). The third kappa shape index (κ3) is 3.98. The number of hydrogen-bond donors (Lipinski definition) is 1. The maximum Gasteiger partial charge on any atom is 0.306 e. The summed E-state index contributed by atoms with van der Waals surface area (Å²) in [6.45, 7) is 6.17. The maximum absolute atomic E-state index is 12.2. The number of likely N-dealkylation sites (tertiary alicyclic amines) is 1. The SMILES string of the molecule is CCN(/C=C(/C#N)C(=O)N1CCC(C(=O)O)CC1)CC. The summed E-state index contributed by atoms with van der Waals surface area (Å²) >= 11 is 0. The Labute approximate surface area is 119 Å². The van der Waals surface area contributed by atoms with Gasteiger partial charge in [0.05, 0.1) is 5.92 Å². The van der Waals surface area contributed by atoms with Crippen molar-refractivity contribution in [3.05, 3.63) is 11.8 Å². The molecule has 0 saturated carbocycles. The van der Waals surface area contributed by atoms with Crippen LogP contribution in [0.2, 0.25) is 0 Å². The lowest BCUT2D eigenvalue weighted by atomic mass is 9.97. The van der Waals surface area contributed by atoms with Crippen LogP contribution in [0.5, 0.6) is 0 Å². The zero-order valence-electron chi connectivity index (χ0n) is 12.0. The van der Waals surface area contributed by atoms with Crippen LogP contribution in [0.3, 0.4) is 0 Å². The van der Waals surface area contributed by atoms with Gasteiger partial charge in [0, 0.05) is 32.4 Å². The molecule has 20 heavy (non-hydrogen) atoms. The lowest BCUT2D eigenvalue weighted by Gasteiger charge is -2.30.